The van der Waals surface area contributed by atoms with Gasteiger partial charge in [-0.15, -0.1) is 0 Å². The summed E-state index contributed by atoms with van der Waals surface area (Å²) in [7, 11) is 1.31. The van der Waals surface area contributed by atoms with E-state index < -0.39 is 12.0 Å². The molecule has 0 aromatic carbocycles. The fourth-order valence-electron chi connectivity index (χ4n) is 1.16. The first-order valence-corrected chi connectivity index (χ1v) is 6.35. The zero-order valence-corrected chi connectivity index (χ0v) is 10.8. The Kier molecular flexibility index (Phi) is 5.59. The molecule has 0 spiro atoms. The number of thioether (sulfide) groups is 1. The van der Waals surface area contributed by atoms with E-state index in [-0.39, 0.29) is 11.9 Å². The van der Waals surface area contributed by atoms with Crippen molar-refractivity contribution >= 4 is 29.6 Å². The van der Waals surface area contributed by atoms with E-state index in [0.717, 1.165) is 0 Å². The SMILES string of the molecule is COC(=O)C(N)CCSCc1nc(N)nc(N)n1. The van der Waals surface area contributed by atoms with Gasteiger partial charge in [-0.1, -0.05) is 0 Å². The minimum atomic E-state index is -0.601. The van der Waals surface area contributed by atoms with Crippen LogP contribution in [0.2, 0.25) is 0 Å². The quantitative estimate of drug-likeness (QED) is 0.446. The van der Waals surface area contributed by atoms with Crippen molar-refractivity contribution in [3.8, 4) is 0 Å². The Balaban J connectivity index is 2.31. The Morgan fingerprint density at radius 2 is 1.94 bits per heavy atom. The standard InChI is InChI=1S/C9H16N6O2S/c1-17-7(16)5(10)2-3-18-4-6-13-8(11)15-9(12)14-6/h5H,2-4,10H2,1H3,(H4,11,12,13,14,15). The molecule has 0 saturated carbocycles. The molecule has 0 fully saturated rings. The number of nitrogen functional groups attached to an aromatic ring is 2. The molecule has 1 rings (SSSR count). The van der Waals surface area contributed by atoms with Crippen LogP contribution in [0.1, 0.15) is 12.2 Å². The predicted octanol–water partition coefficient (Wildman–Crippen LogP) is -0.840. The molecule has 1 unspecified atom stereocenters. The lowest BCUT2D eigenvalue weighted by Gasteiger charge is -2.08. The van der Waals surface area contributed by atoms with Gasteiger partial charge in [0.15, 0.2) is 0 Å². The molecule has 18 heavy (non-hydrogen) atoms. The second-order valence-electron chi connectivity index (χ2n) is 3.44. The molecule has 100 valence electrons. The van der Waals surface area contributed by atoms with Gasteiger partial charge in [0.05, 0.1) is 12.9 Å². The van der Waals surface area contributed by atoms with Gasteiger partial charge in [0.25, 0.3) is 0 Å². The molecule has 0 bridgehead atoms. The predicted molar refractivity (Wildman–Crippen MR) is 69.4 cm³/mol. The molecular weight excluding hydrogens is 256 g/mol. The smallest absolute Gasteiger partial charge is 0.322 e. The second kappa shape index (κ2) is 6.97. The van der Waals surface area contributed by atoms with Crippen molar-refractivity contribution in [2.45, 2.75) is 18.2 Å². The molecule has 0 aliphatic rings. The largest absolute Gasteiger partial charge is 0.468 e. The lowest BCUT2D eigenvalue weighted by molar-refractivity contribution is -0.142. The molecular formula is C9H16N6O2S. The first-order valence-electron chi connectivity index (χ1n) is 5.20. The van der Waals surface area contributed by atoms with Crippen molar-refractivity contribution in [3.63, 3.8) is 0 Å². The second-order valence-corrected chi connectivity index (χ2v) is 4.54. The number of hydrogen-bond acceptors (Lipinski definition) is 9. The molecule has 1 heterocycles. The number of carbonyl (C=O) groups excluding carboxylic acids is 1. The summed E-state index contributed by atoms with van der Waals surface area (Å²) in [6.45, 7) is 0. The van der Waals surface area contributed by atoms with Crippen molar-refractivity contribution in [3.05, 3.63) is 5.82 Å². The first-order chi connectivity index (χ1) is 8.52. The normalized spacial score (nSPS) is 12.1. The Hall–Kier alpha value is -1.61. The Bertz CT molecular complexity index is 396. The van der Waals surface area contributed by atoms with Gasteiger partial charge in [-0.05, 0) is 12.2 Å². The molecule has 8 nitrogen and oxygen atoms in total. The van der Waals surface area contributed by atoms with Gasteiger partial charge >= 0.3 is 5.97 Å². The molecule has 0 amide bonds. The summed E-state index contributed by atoms with van der Waals surface area (Å²) in [6.07, 6.45) is 0.521. The molecule has 0 aliphatic heterocycles. The minimum Gasteiger partial charge on any atom is -0.468 e. The molecule has 0 saturated heterocycles. The summed E-state index contributed by atoms with van der Waals surface area (Å²) in [5.74, 6) is 1.52. The molecule has 1 aromatic rings. The van der Waals surface area contributed by atoms with Gasteiger partial charge in [0.1, 0.15) is 11.9 Å². The third-order valence-electron chi connectivity index (χ3n) is 2.02. The summed E-state index contributed by atoms with van der Waals surface area (Å²) in [5.41, 5.74) is 16.5. The average molecular weight is 272 g/mol. The Morgan fingerprint density at radius 3 is 2.50 bits per heavy atom. The van der Waals surface area contributed by atoms with Crippen molar-refractivity contribution in [2.75, 3.05) is 24.3 Å². The van der Waals surface area contributed by atoms with E-state index in [9.17, 15) is 4.79 Å². The highest BCUT2D eigenvalue weighted by atomic mass is 32.2. The third kappa shape index (κ3) is 4.72. The number of anilines is 2. The number of nitrogens with zero attached hydrogens (tertiary/aromatic N) is 3. The van der Waals surface area contributed by atoms with Crippen LogP contribution in [0.25, 0.3) is 0 Å². The number of esters is 1. The zero-order valence-electron chi connectivity index (χ0n) is 10.00. The maximum absolute atomic E-state index is 11.0. The van der Waals surface area contributed by atoms with E-state index in [4.69, 9.17) is 17.2 Å². The summed E-state index contributed by atoms with van der Waals surface area (Å²) < 4.78 is 4.52. The van der Waals surface area contributed by atoms with Crippen LogP contribution in [-0.2, 0) is 15.3 Å². The fourth-order valence-corrected chi connectivity index (χ4v) is 2.04. The summed E-state index contributed by atoms with van der Waals surface area (Å²) in [6, 6.07) is -0.601. The number of ether oxygens (including phenoxy) is 1. The first kappa shape index (κ1) is 14.5. The van der Waals surface area contributed by atoms with E-state index in [1.165, 1.54) is 18.9 Å². The van der Waals surface area contributed by atoms with Crippen LogP contribution in [-0.4, -0.2) is 39.8 Å². The van der Waals surface area contributed by atoms with Gasteiger partial charge in [-0.2, -0.15) is 26.7 Å². The number of aromatic nitrogens is 3. The van der Waals surface area contributed by atoms with Crippen LogP contribution in [0.3, 0.4) is 0 Å². The Labute approximate surface area is 109 Å². The number of hydrogen-bond donors (Lipinski definition) is 3. The van der Waals surface area contributed by atoms with Crippen LogP contribution in [0, 0.1) is 0 Å². The molecule has 0 aliphatic carbocycles. The number of carbonyl (C=O) groups is 1. The molecule has 0 radical (unpaired) electrons. The van der Waals surface area contributed by atoms with E-state index in [0.29, 0.717) is 23.8 Å². The van der Waals surface area contributed by atoms with Crippen molar-refractivity contribution in [1.29, 1.82) is 0 Å². The molecule has 9 heteroatoms. The molecule has 6 N–H and O–H groups in total. The van der Waals surface area contributed by atoms with Gasteiger partial charge in [0.2, 0.25) is 11.9 Å². The number of nitrogens with two attached hydrogens (primary N) is 3. The van der Waals surface area contributed by atoms with Crippen LogP contribution < -0.4 is 17.2 Å². The Morgan fingerprint density at radius 1 is 1.33 bits per heavy atom. The van der Waals surface area contributed by atoms with E-state index in [1.54, 1.807) is 0 Å². The zero-order chi connectivity index (χ0) is 13.5. The average Bonchev–Trinajstić information content (AvgIpc) is 2.32. The van der Waals surface area contributed by atoms with Crippen LogP contribution in [0.4, 0.5) is 11.9 Å². The maximum Gasteiger partial charge on any atom is 0.322 e. The highest BCUT2D eigenvalue weighted by molar-refractivity contribution is 7.98. The number of rotatable bonds is 6. The summed E-state index contributed by atoms with van der Waals surface area (Å²) >= 11 is 1.53. The van der Waals surface area contributed by atoms with Gasteiger partial charge in [-0.25, -0.2) is 0 Å². The lowest BCUT2D eigenvalue weighted by Crippen LogP contribution is -2.32. The van der Waals surface area contributed by atoms with Crippen LogP contribution in [0.5, 0.6) is 0 Å². The van der Waals surface area contributed by atoms with Gasteiger partial charge < -0.3 is 21.9 Å². The fraction of sp³-hybridized carbons (Fsp3) is 0.556. The monoisotopic (exact) mass is 272 g/mol. The van der Waals surface area contributed by atoms with Crippen molar-refractivity contribution < 1.29 is 9.53 Å². The van der Waals surface area contributed by atoms with Gasteiger partial charge in [0, 0.05) is 0 Å². The maximum atomic E-state index is 11.0. The molecule has 1 aromatic heterocycles. The number of methoxy groups -OCH3 is 1. The summed E-state index contributed by atoms with van der Waals surface area (Å²) in [5, 5.41) is 0. The van der Waals surface area contributed by atoms with E-state index in [1.807, 2.05) is 0 Å². The summed E-state index contributed by atoms with van der Waals surface area (Å²) in [4.78, 5) is 22.6. The van der Waals surface area contributed by atoms with Gasteiger partial charge in [-0.3, -0.25) is 4.79 Å². The van der Waals surface area contributed by atoms with Crippen LogP contribution >= 0.6 is 11.8 Å². The van der Waals surface area contributed by atoms with Crippen LogP contribution in [0.15, 0.2) is 0 Å². The molecule has 1 atom stereocenters. The van der Waals surface area contributed by atoms with Crippen molar-refractivity contribution in [2.24, 2.45) is 5.73 Å². The van der Waals surface area contributed by atoms with Crippen molar-refractivity contribution in [1.82, 2.24) is 15.0 Å². The van der Waals surface area contributed by atoms with E-state index >= 15 is 0 Å². The highest BCUT2D eigenvalue weighted by Crippen LogP contribution is 2.12. The lowest BCUT2D eigenvalue weighted by atomic mass is 10.2. The third-order valence-corrected chi connectivity index (χ3v) is 3.01. The topological polar surface area (TPSA) is 143 Å². The van der Waals surface area contributed by atoms with E-state index in [2.05, 4.69) is 19.7 Å². The minimum absolute atomic E-state index is 0.101. The highest BCUT2D eigenvalue weighted by Gasteiger charge is 2.13.